The van der Waals surface area contributed by atoms with E-state index in [9.17, 15) is 9.59 Å². The lowest BCUT2D eigenvalue weighted by Gasteiger charge is -2.20. The molecule has 0 saturated carbocycles. The topological polar surface area (TPSA) is 71.8 Å². The molecule has 0 bridgehead atoms. The maximum Gasteiger partial charge on any atom is 0.341 e. The summed E-state index contributed by atoms with van der Waals surface area (Å²) in [7, 11) is 0. The molecule has 9 heteroatoms. The van der Waals surface area contributed by atoms with Gasteiger partial charge >= 0.3 is 5.97 Å². The van der Waals surface area contributed by atoms with Crippen molar-refractivity contribution in [3.05, 3.63) is 56.7 Å². The maximum atomic E-state index is 13.0. The largest absolute Gasteiger partial charge is 0.481 e. The zero-order valence-electron chi connectivity index (χ0n) is 14.4. The van der Waals surface area contributed by atoms with Crippen molar-refractivity contribution in [1.82, 2.24) is 4.68 Å². The van der Waals surface area contributed by atoms with Gasteiger partial charge in [0.05, 0.1) is 4.91 Å². The molecule has 1 aromatic carbocycles. The number of hydrogen-bond acceptors (Lipinski definition) is 5. The predicted molar refractivity (Wildman–Crippen MR) is 113 cm³/mol. The summed E-state index contributed by atoms with van der Waals surface area (Å²) in [5.41, 5.74) is 2.39. The van der Waals surface area contributed by atoms with Gasteiger partial charge in [-0.05, 0) is 62.5 Å². The van der Waals surface area contributed by atoms with E-state index >= 15 is 0 Å². The number of carbonyl (C=O) groups is 2. The van der Waals surface area contributed by atoms with Crippen LogP contribution >= 0.6 is 39.9 Å². The van der Waals surface area contributed by atoms with Crippen molar-refractivity contribution in [3.63, 3.8) is 0 Å². The summed E-state index contributed by atoms with van der Waals surface area (Å²) in [5, 5.41) is 10.3. The Morgan fingerprint density at radius 1 is 1.30 bits per heavy atom. The number of hydrogen-bond donors (Lipinski definition) is 1. The van der Waals surface area contributed by atoms with Crippen molar-refractivity contribution < 1.29 is 19.4 Å². The van der Waals surface area contributed by atoms with Crippen LogP contribution in [0.4, 0.5) is 0 Å². The Morgan fingerprint density at radius 3 is 2.59 bits per heavy atom. The molecule has 1 N–H and O–H groups in total. The Hall–Kier alpha value is -2.10. The second kappa shape index (κ2) is 7.87. The number of carboxylic acid groups (broad SMARTS) is 1. The number of benzene rings is 1. The molecule has 0 atom stereocenters. The molecule has 0 radical (unpaired) electrons. The van der Waals surface area contributed by atoms with Gasteiger partial charge in [-0.25, -0.2) is 4.79 Å². The van der Waals surface area contributed by atoms with Crippen LogP contribution in [0.25, 0.3) is 6.08 Å². The number of aryl methyl sites for hydroxylation is 2. The smallest absolute Gasteiger partial charge is 0.341 e. The lowest BCUT2D eigenvalue weighted by molar-refractivity contribution is -0.139. The number of amides is 1. The quantitative estimate of drug-likeness (QED) is 0.532. The third kappa shape index (κ3) is 4.10. The lowest BCUT2D eigenvalue weighted by atomic mass is 10.2. The molecule has 2 aromatic rings. The molecule has 0 spiro atoms. The van der Waals surface area contributed by atoms with E-state index in [-0.39, 0.29) is 5.91 Å². The van der Waals surface area contributed by atoms with E-state index in [4.69, 9.17) is 22.1 Å². The minimum Gasteiger partial charge on any atom is -0.481 e. The Bertz CT molecular complexity index is 964. The number of ether oxygens (including phenoxy) is 1. The zero-order chi connectivity index (χ0) is 19.7. The van der Waals surface area contributed by atoms with Gasteiger partial charge < -0.3 is 9.84 Å². The van der Waals surface area contributed by atoms with Gasteiger partial charge in [0.25, 0.3) is 5.91 Å². The van der Waals surface area contributed by atoms with Crippen molar-refractivity contribution in [3.8, 4) is 5.75 Å². The van der Waals surface area contributed by atoms with Crippen LogP contribution < -0.4 is 9.75 Å². The van der Waals surface area contributed by atoms with Gasteiger partial charge in [-0.2, -0.15) is 5.01 Å². The molecule has 27 heavy (non-hydrogen) atoms. The molecule has 0 unspecified atom stereocenters. The molecule has 140 valence electrons. The van der Waals surface area contributed by atoms with Gasteiger partial charge in [-0.3, -0.25) is 9.47 Å². The highest BCUT2D eigenvalue weighted by molar-refractivity contribution is 9.10. The van der Waals surface area contributed by atoms with Crippen LogP contribution in [0, 0.1) is 13.8 Å². The number of thiocarbonyl (C=S) groups is 1. The lowest BCUT2D eigenvalue weighted by Crippen LogP contribution is -2.39. The number of thioether (sulfide) groups is 1. The fraction of sp³-hybridized carbons (Fsp3) is 0.167. The first-order chi connectivity index (χ1) is 12.8. The molecule has 1 aromatic heterocycles. The first-order valence-electron chi connectivity index (χ1n) is 7.85. The summed E-state index contributed by atoms with van der Waals surface area (Å²) in [4.78, 5) is 24.2. The second-order valence-corrected chi connectivity index (χ2v) is 8.38. The standard InChI is InChI=1S/C18H15BrN2O4S2/c1-10-3-4-11(2)20(10)21-17(24)15(27-18(21)26)8-12-7-13(19)5-6-14(12)25-9-16(22)23/h3-8H,9H2,1-2H3,(H,22,23)/b15-8+. The number of nitrogens with zero attached hydrogens (tertiary/aromatic N) is 2. The Kier molecular flexibility index (Phi) is 5.73. The van der Waals surface area contributed by atoms with Crippen molar-refractivity contribution in [1.29, 1.82) is 0 Å². The predicted octanol–water partition coefficient (Wildman–Crippen LogP) is 3.87. The van der Waals surface area contributed by atoms with Crippen LogP contribution in [0.15, 0.2) is 39.7 Å². The van der Waals surface area contributed by atoms with Crippen molar-refractivity contribution in [2.45, 2.75) is 13.8 Å². The molecule has 3 rings (SSSR count). The molecule has 1 aliphatic heterocycles. The minimum atomic E-state index is -1.08. The van der Waals surface area contributed by atoms with Crippen LogP contribution in [-0.4, -0.2) is 32.6 Å². The molecule has 1 aliphatic rings. The number of aromatic nitrogens is 1. The summed E-state index contributed by atoms with van der Waals surface area (Å²) in [6, 6.07) is 9.00. The molecule has 0 aliphatic carbocycles. The van der Waals surface area contributed by atoms with E-state index < -0.39 is 12.6 Å². The average molecular weight is 467 g/mol. The first-order valence-corrected chi connectivity index (χ1v) is 9.87. The van der Waals surface area contributed by atoms with Crippen molar-refractivity contribution in [2.75, 3.05) is 11.6 Å². The summed E-state index contributed by atoms with van der Waals surface area (Å²) >= 11 is 9.98. The van der Waals surface area contributed by atoms with Crippen LogP contribution in [0.2, 0.25) is 0 Å². The summed E-state index contributed by atoms with van der Waals surface area (Å²) < 4.78 is 8.31. The molecule has 1 amide bonds. The molecule has 1 fully saturated rings. The number of carboxylic acids is 1. The van der Waals surface area contributed by atoms with Gasteiger partial charge in [0.1, 0.15) is 5.75 Å². The van der Waals surface area contributed by atoms with E-state index in [1.54, 1.807) is 29.0 Å². The van der Waals surface area contributed by atoms with Gasteiger partial charge in [0, 0.05) is 21.4 Å². The second-order valence-electron chi connectivity index (χ2n) is 5.79. The van der Waals surface area contributed by atoms with E-state index in [0.717, 1.165) is 15.9 Å². The molecular formula is C18H15BrN2O4S2. The van der Waals surface area contributed by atoms with Gasteiger partial charge in [-0.1, -0.05) is 27.7 Å². The average Bonchev–Trinajstić information content (AvgIpc) is 3.05. The number of aliphatic carboxylic acids is 1. The summed E-state index contributed by atoms with van der Waals surface area (Å²) in [5.74, 6) is -0.940. The maximum absolute atomic E-state index is 13.0. The SMILES string of the molecule is Cc1ccc(C)n1N1C(=O)/C(=C\c2cc(Br)ccc2OCC(=O)O)SC1=S. The van der Waals surface area contributed by atoms with E-state index in [2.05, 4.69) is 15.9 Å². The van der Waals surface area contributed by atoms with Crippen LogP contribution in [-0.2, 0) is 9.59 Å². The summed E-state index contributed by atoms with van der Waals surface area (Å²) in [6.07, 6.45) is 1.66. The third-order valence-corrected chi connectivity index (χ3v) is 5.59. The van der Waals surface area contributed by atoms with E-state index in [1.165, 1.54) is 16.8 Å². The zero-order valence-corrected chi connectivity index (χ0v) is 17.7. The van der Waals surface area contributed by atoms with Crippen LogP contribution in [0.5, 0.6) is 5.75 Å². The van der Waals surface area contributed by atoms with Crippen LogP contribution in [0.3, 0.4) is 0 Å². The number of halogens is 1. The molecule has 6 nitrogen and oxygen atoms in total. The van der Waals surface area contributed by atoms with Crippen LogP contribution in [0.1, 0.15) is 17.0 Å². The van der Waals surface area contributed by atoms with Gasteiger partial charge in [0.15, 0.2) is 10.9 Å². The Balaban J connectivity index is 1.97. The molecular weight excluding hydrogens is 452 g/mol. The van der Waals surface area contributed by atoms with E-state index in [1.807, 2.05) is 26.0 Å². The number of carbonyl (C=O) groups excluding carboxylic acids is 1. The Labute approximate surface area is 173 Å². The third-order valence-electron chi connectivity index (χ3n) is 3.82. The van der Waals surface area contributed by atoms with Crippen molar-refractivity contribution >= 4 is 62.2 Å². The monoisotopic (exact) mass is 466 g/mol. The Morgan fingerprint density at radius 2 is 1.96 bits per heavy atom. The first kappa shape index (κ1) is 19.7. The minimum absolute atomic E-state index is 0.239. The summed E-state index contributed by atoms with van der Waals surface area (Å²) in [6.45, 7) is 3.34. The van der Waals surface area contributed by atoms with Gasteiger partial charge in [0.2, 0.25) is 0 Å². The highest BCUT2D eigenvalue weighted by Crippen LogP contribution is 2.35. The fourth-order valence-corrected chi connectivity index (χ4v) is 4.26. The van der Waals surface area contributed by atoms with Gasteiger partial charge in [-0.15, -0.1) is 0 Å². The number of rotatable bonds is 5. The fourth-order valence-electron chi connectivity index (χ4n) is 2.65. The van der Waals surface area contributed by atoms with E-state index in [0.29, 0.717) is 20.5 Å². The highest BCUT2D eigenvalue weighted by atomic mass is 79.9. The molecule has 1 saturated heterocycles. The normalized spacial score (nSPS) is 15.7. The van der Waals surface area contributed by atoms with Crippen molar-refractivity contribution in [2.24, 2.45) is 0 Å². The molecule has 2 heterocycles. The highest BCUT2D eigenvalue weighted by Gasteiger charge is 2.35.